The number of carbonyl (C=O) groups is 2. The van der Waals surface area contributed by atoms with E-state index in [1.807, 2.05) is 4.90 Å². The fourth-order valence-corrected chi connectivity index (χ4v) is 3.25. The van der Waals surface area contributed by atoms with Gasteiger partial charge in [0.15, 0.2) is 0 Å². The number of nitrogens with two attached hydrogens (primary N) is 1. The second kappa shape index (κ2) is 10.5. The lowest BCUT2D eigenvalue weighted by Gasteiger charge is -2.17. The van der Waals surface area contributed by atoms with Crippen LogP contribution in [0.2, 0.25) is 0 Å². The highest BCUT2D eigenvalue weighted by molar-refractivity contribution is 5.94. The summed E-state index contributed by atoms with van der Waals surface area (Å²) in [5.41, 5.74) is 6.13. The van der Waals surface area contributed by atoms with Gasteiger partial charge in [-0.05, 0) is 6.42 Å². The van der Waals surface area contributed by atoms with Gasteiger partial charge in [-0.15, -0.1) is 0 Å². The molecule has 1 aromatic carbocycles. The number of amidine groups is 1. The first-order chi connectivity index (χ1) is 14.3. The quantitative estimate of drug-likeness (QED) is 0.347. The van der Waals surface area contributed by atoms with Gasteiger partial charge in [-0.1, -0.05) is 25.6 Å². The Morgan fingerprint density at radius 1 is 1.35 bits per heavy atom. The zero-order valence-electron chi connectivity index (χ0n) is 16.5. The third kappa shape index (κ3) is 6.21. The number of nitrogens with zero attached hydrogens (tertiary/aromatic N) is 3. The molecule has 1 fully saturated rings. The summed E-state index contributed by atoms with van der Waals surface area (Å²) in [4.78, 5) is 33.4. The molecule has 3 rings (SSSR count). The van der Waals surface area contributed by atoms with Gasteiger partial charge in [0.2, 0.25) is 11.9 Å². The van der Waals surface area contributed by atoms with Gasteiger partial charge in [-0.25, -0.2) is 14.4 Å². The third-order valence-electron chi connectivity index (χ3n) is 4.63. The number of esters is 1. The number of hydrogen-bond acceptors (Lipinski definition) is 7. The van der Waals surface area contributed by atoms with Crippen LogP contribution in [0.3, 0.4) is 0 Å². The number of hydrogen-bond donors (Lipinski definition) is 3. The van der Waals surface area contributed by atoms with Gasteiger partial charge in [0.25, 0.3) is 0 Å². The molecule has 0 aliphatic carbocycles. The van der Waals surface area contributed by atoms with Crippen LogP contribution in [0.4, 0.5) is 10.3 Å². The molecule has 2 aromatic rings. The summed E-state index contributed by atoms with van der Waals surface area (Å²) in [6.45, 7) is 2.57. The van der Waals surface area contributed by atoms with Crippen LogP contribution in [0.1, 0.15) is 32.8 Å². The Morgan fingerprint density at radius 2 is 2.06 bits per heavy atom. The predicted molar refractivity (Wildman–Crippen MR) is 115 cm³/mol. The van der Waals surface area contributed by atoms with E-state index in [2.05, 4.69) is 15.3 Å². The Balaban J connectivity index is 0.00000341. The van der Waals surface area contributed by atoms with Crippen LogP contribution in [0.5, 0.6) is 0 Å². The molecule has 1 amide bonds. The van der Waals surface area contributed by atoms with Crippen molar-refractivity contribution in [2.24, 2.45) is 5.73 Å². The molecule has 1 atom stereocenters. The van der Waals surface area contributed by atoms with Crippen molar-refractivity contribution in [3.8, 4) is 11.1 Å². The van der Waals surface area contributed by atoms with Crippen molar-refractivity contribution in [2.75, 3.05) is 18.0 Å². The average Bonchev–Trinajstić information content (AvgIpc) is 3.14. The Bertz CT molecular complexity index is 951. The lowest BCUT2D eigenvalue weighted by atomic mass is 10.1. The van der Waals surface area contributed by atoms with E-state index in [-0.39, 0.29) is 43.8 Å². The van der Waals surface area contributed by atoms with Crippen molar-refractivity contribution < 1.29 is 18.7 Å². The van der Waals surface area contributed by atoms with Crippen LogP contribution in [-0.4, -0.2) is 46.8 Å². The molecule has 166 valence electrons. The van der Waals surface area contributed by atoms with E-state index < -0.39 is 11.8 Å². The van der Waals surface area contributed by atoms with E-state index in [9.17, 15) is 14.0 Å². The van der Waals surface area contributed by atoms with Crippen LogP contribution < -0.4 is 16.0 Å². The summed E-state index contributed by atoms with van der Waals surface area (Å²) >= 11 is 0. The second-order valence-corrected chi connectivity index (χ2v) is 7.05. The molecule has 1 aromatic heterocycles. The summed E-state index contributed by atoms with van der Waals surface area (Å²) in [5, 5.41) is 9.97. The number of ether oxygens (including phenoxy) is 1. The molecule has 0 radical (unpaired) electrons. The van der Waals surface area contributed by atoms with Gasteiger partial charge in [-0.2, -0.15) is 0 Å². The molecule has 10 heteroatoms. The van der Waals surface area contributed by atoms with Crippen molar-refractivity contribution in [3.63, 3.8) is 0 Å². The Labute approximate surface area is 180 Å². The van der Waals surface area contributed by atoms with Gasteiger partial charge in [0.05, 0.1) is 0 Å². The van der Waals surface area contributed by atoms with Crippen molar-refractivity contribution in [1.29, 1.82) is 5.41 Å². The maximum atomic E-state index is 14.9. The van der Waals surface area contributed by atoms with E-state index in [0.717, 1.165) is 13.0 Å². The van der Waals surface area contributed by atoms with Crippen LogP contribution in [0, 0.1) is 11.2 Å². The Kier molecular flexibility index (Phi) is 8.00. The van der Waals surface area contributed by atoms with Gasteiger partial charge in [0, 0.05) is 55.1 Å². The van der Waals surface area contributed by atoms with E-state index in [1.54, 1.807) is 12.1 Å². The molecule has 2 heterocycles. The fraction of sp³-hybridized carbons (Fsp3) is 0.381. The maximum Gasteiger partial charge on any atom is 0.313 e. The summed E-state index contributed by atoms with van der Waals surface area (Å²) in [6.07, 6.45) is 3.55. The number of nitrogens with one attached hydrogen (secondary N) is 2. The minimum Gasteiger partial charge on any atom is -0.460 e. The van der Waals surface area contributed by atoms with Crippen LogP contribution >= 0.6 is 0 Å². The Hall–Kier alpha value is -3.56. The van der Waals surface area contributed by atoms with E-state index in [0.29, 0.717) is 23.6 Å². The summed E-state index contributed by atoms with van der Waals surface area (Å²) < 4.78 is 19.8. The van der Waals surface area contributed by atoms with E-state index in [1.165, 1.54) is 25.4 Å². The minimum absolute atomic E-state index is 0. The topological polar surface area (TPSA) is 134 Å². The highest BCUT2D eigenvalue weighted by atomic mass is 19.1. The van der Waals surface area contributed by atoms with Gasteiger partial charge < -0.3 is 20.7 Å². The molecule has 4 N–H and O–H groups in total. The molecule has 0 saturated carbocycles. The molecule has 31 heavy (non-hydrogen) atoms. The predicted octanol–water partition coefficient (Wildman–Crippen LogP) is 2.00. The van der Waals surface area contributed by atoms with Crippen LogP contribution in [0.25, 0.3) is 11.1 Å². The first kappa shape index (κ1) is 23.7. The highest BCUT2D eigenvalue weighted by Crippen LogP contribution is 2.26. The summed E-state index contributed by atoms with van der Waals surface area (Å²) in [7, 11) is 0. The minimum atomic E-state index is -0.692. The van der Waals surface area contributed by atoms with Gasteiger partial charge in [-0.3, -0.25) is 15.0 Å². The Morgan fingerprint density at radius 3 is 2.71 bits per heavy atom. The zero-order chi connectivity index (χ0) is 21.7. The van der Waals surface area contributed by atoms with E-state index in [4.69, 9.17) is 15.9 Å². The second-order valence-electron chi connectivity index (χ2n) is 7.05. The monoisotopic (exact) mass is 430 g/mol. The molecule has 0 spiro atoms. The zero-order valence-corrected chi connectivity index (χ0v) is 16.5. The molecule has 9 nitrogen and oxygen atoms in total. The summed E-state index contributed by atoms with van der Waals surface area (Å²) in [5.74, 6) is -1.09. The number of rotatable bonds is 7. The largest absolute Gasteiger partial charge is 0.460 e. The van der Waals surface area contributed by atoms with Crippen molar-refractivity contribution in [2.45, 2.75) is 39.8 Å². The van der Waals surface area contributed by atoms with Crippen LogP contribution in [-0.2, 0) is 20.9 Å². The lowest BCUT2D eigenvalue weighted by molar-refractivity contribution is -0.143. The SMILES string of the molecule is C.CC(=O)NC1CCN(c2ncc(-c3cccc(COC(=O)CC(=N)N)c3F)cn2)C1. The van der Waals surface area contributed by atoms with Crippen molar-refractivity contribution in [1.82, 2.24) is 15.3 Å². The third-order valence-corrected chi connectivity index (χ3v) is 4.63. The van der Waals surface area contributed by atoms with Gasteiger partial charge in [0.1, 0.15) is 24.7 Å². The lowest BCUT2D eigenvalue weighted by Crippen LogP contribution is -2.35. The standard InChI is InChI=1S/C20H23FN6O3.CH4/c1-12(28)26-15-5-6-27(10-15)20-24-8-14(9-25-20)16-4-2-3-13(19(16)21)11-30-18(29)7-17(22)23;/h2-4,8-9,15H,5-7,10-11H2,1H3,(H3,22,23)(H,26,28);1H4. The number of aromatic nitrogens is 2. The number of halogens is 1. The van der Waals surface area contributed by atoms with Gasteiger partial charge >= 0.3 is 5.97 Å². The smallest absolute Gasteiger partial charge is 0.313 e. The molecule has 0 bridgehead atoms. The fourth-order valence-electron chi connectivity index (χ4n) is 3.25. The summed E-state index contributed by atoms with van der Waals surface area (Å²) in [6, 6.07) is 4.82. The van der Waals surface area contributed by atoms with Crippen LogP contribution in [0.15, 0.2) is 30.6 Å². The van der Waals surface area contributed by atoms with Crippen molar-refractivity contribution in [3.05, 3.63) is 42.0 Å². The van der Waals surface area contributed by atoms with Crippen molar-refractivity contribution >= 4 is 23.7 Å². The molecule has 1 saturated heterocycles. The number of benzene rings is 1. The first-order valence-corrected chi connectivity index (χ1v) is 9.44. The molecule has 1 aliphatic heterocycles. The first-order valence-electron chi connectivity index (χ1n) is 9.44. The maximum absolute atomic E-state index is 14.9. The number of anilines is 1. The highest BCUT2D eigenvalue weighted by Gasteiger charge is 2.25. The molecule has 1 aliphatic rings. The molecular weight excluding hydrogens is 403 g/mol. The molecule has 1 unspecified atom stereocenters. The number of carbonyl (C=O) groups excluding carboxylic acids is 2. The van der Waals surface area contributed by atoms with E-state index >= 15 is 0 Å². The molecular formula is C21H27FN6O3. The number of amides is 1. The normalized spacial score (nSPS) is 15.2. The average molecular weight is 430 g/mol.